The van der Waals surface area contributed by atoms with Crippen LogP contribution in [-0.4, -0.2) is 17.8 Å². The van der Waals surface area contributed by atoms with E-state index in [4.69, 9.17) is 0 Å². The number of nitrogens with zero attached hydrogens (tertiary/aromatic N) is 2. The number of hydrogen-bond donors (Lipinski definition) is 0. The lowest BCUT2D eigenvalue weighted by atomic mass is 10.2. The Morgan fingerprint density at radius 1 is 1.33 bits per heavy atom. The predicted octanol–water partition coefficient (Wildman–Crippen LogP) is 3.07. The fraction of sp³-hybridized carbons (Fsp3) is 0.308. The van der Waals surface area contributed by atoms with Crippen LogP contribution in [0.3, 0.4) is 0 Å². The van der Waals surface area contributed by atoms with Gasteiger partial charge in [0, 0.05) is 19.8 Å². The van der Waals surface area contributed by atoms with Crippen molar-refractivity contribution in [3.63, 3.8) is 0 Å². The molecule has 2 heteroatoms. The summed E-state index contributed by atoms with van der Waals surface area (Å²) in [5.74, 6) is 1.02. The van der Waals surface area contributed by atoms with Crippen LogP contribution in [0.4, 0.5) is 0 Å². The van der Waals surface area contributed by atoms with Gasteiger partial charge < -0.3 is 4.90 Å². The van der Waals surface area contributed by atoms with Crippen molar-refractivity contribution in [3.8, 4) is 0 Å². The standard InChI is InChI=1S/C13H18N2/c1-4-10-14-12(2)15(3)11-13-8-6-5-7-9-13/h4-10H,11H2,1-3H3/b10-4?,14-12-. The van der Waals surface area contributed by atoms with Crippen molar-refractivity contribution in [2.24, 2.45) is 4.99 Å². The highest BCUT2D eigenvalue weighted by molar-refractivity contribution is 5.79. The number of hydrogen-bond acceptors (Lipinski definition) is 1. The molecule has 0 fully saturated rings. The number of aliphatic imine (C=N–C) groups is 1. The molecule has 0 atom stereocenters. The molecule has 1 rings (SSSR count). The van der Waals surface area contributed by atoms with Crippen molar-refractivity contribution in [2.45, 2.75) is 20.4 Å². The number of benzene rings is 1. The van der Waals surface area contributed by atoms with E-state index in [1.54, 1.807) is 0 Å². The molecule has 15 heavy (non-hydrogen) atoms. The van der Waals surface area contributed by atoms with Gasteiger partial charge in [-0.3, -0.25) is 0 Å². The lowest BCUT2D eigenvalue weighted by molar-refractivity contribution is 0.497. The maximum Gasteiger partial charge on any atom is 0.101 e. The van der Waals surface area contributed by atoms with Crippen LogP contribution in [0.15, 0.2) is 47.6 Å². The van der Waals surface area contributed by atoms with Crippen LogP contribution >= 0.6 is 0 Å². The largest absolute Gasteiger partial charge is 0.359 e. The Balaban J connectivity index is 2.59. The van der Waals surface area contributed by atoms with Gasteiger partial charge in [0.1, 0.15) is 5.84 Å². The first kappa shape index (κ1) is 11.5. The third kappa shape index (κ3) is 3.98. The highest BCUT2D eigenvalue weighted by Crippen LogP contribution is 2.03. The first-order chi connectivity index (χ1) is 7.24. The van der Waals surface area contributed by atoms with Gasteiger partial charge in [-0.2, -0.15) is 0 Å². The molecule has 0 amide bonds. The van der Waals surface area contributed by atoms with Crippen LogP contribution in [0.25, 0.3) is 0 Å². The first-order valence-corrected chi connectivity index (χ1v) is 5.14. The molecule has 0 unspecified atom stereocenters. The summed E-state index contributed by atoms with van der Waals surface area (Å²) < 4.78 is 0. The van der Waals surface area contributed by atoms with E-state index in [2.05, 4.69) is 41.2 Å². The van der Waals surface area contributed by atoms with E-state index in [-0.39, 0.29) is 0 Å². The van der Waals surface area contributed by atoms with Crippen molar-refractivity contribution in [1.82, 2.24) is 4.90 Å². The maximum absolute atomic E-state index is 4.30. The van der Waals surface area contributed by atoms with Gasteiger partial charge in [0.15, 0.2) is 0 Å². The molecule has 2 nitrogen and oxygen atoms in total. The number of allylic oxidation sites excluding steroid dienone is 1. The van der Waals surface area contributed by atoms with Crippen molar-refractivity contribution in [2.75, 3.05) is 7.05 Å². The lowest BCUT2D eigenvalue weighted by Gasteiger charge is -2.18. The molecule has 80 valence electrons. The number of amidine groups is 1. The Kier molecular flexibility index (Phi) is 4.61. The molecule has 1 aromatic rings. The Hall–Kier alpha value is -1.57. The molecule has 0 spiro atoms. The van der Waals surface area contributed by atoms with Crippen LogP contribution in [0.5, 0.6) is 0 Å². The minimum Gasteiger partial charge on any atom is -0.359 e. The molecular weight excluding hydrogens is 184 g/mol. The summed E-state index contributed by atoms with van der Waals surface area (Å²) >= 11 is 0. The van der Waals surface area contributed by atoms with Crippen LogP contribution in [0.1, 0.15) is 19.4 Å². The van der Waals surface area contributed by atoms with Gasteiger partial charge >= 0.3 is 0 Å². The van der Waals surface area contributed by atoms with Crippen molar-refractivity contribution in [3.05, 3.63) is 48.2 Å². The molecule has 0 N–H and O–H groups in total. The highest BCUT2D eigenvalue weighted by Gasteiger charge is 2.00. The number of rotatable bonds is 3. The zero-order valence-corrected chi connectivity index (χ0v) is 9.64. The van der Waals surface area contributed by atoms with Gasteiger partial charge in [0.25, 0.3) is 0 Å². The molecule has 0 aliphatic rings. The van der Waals surface area contributed by atoms with E-state index < -0.39 is 0 Å². The topological polar surface area (TPSA) is 15.6 Å². The Morgan fingerprint density at radius 3 is 2.60 bits per heavy atom. The monoisotopic (exact) mass is 202 g/mol. The van der Waals surface area contributed by atoms with Crippen LogP contribution < -0.4 is 0 Å². The van der Waals surface area contributed by atoms with Crippen LogP contribution in [0, 0.1) is 0 Å². The van der Waals surface area contributed by atoms with Crippen LogP contribution in [0.2, 0.25) is 0 Å². The second-order valence-corrected chi connectivity index (χ2v) is 3.50. The average molecular weight is 202 g/mol. The quantitative estimate of drug-likeness (QED) is 0.543. The molecule has 1 aromatic carbocycles. The fourth-order valence-corrected chi connectivity index (χ4v) is 1.25. The van der Waals surface area contributed by atoms with Gasteiger partial charge in [-0.25, -0.2) is 4.99 Å². The van der Waals surface area contributed by atoms with E-state index in [1.807, 2.05) is 32.2 Å². The van der Waals surface area contributed by atoms with Gasteiger partial charge in [-0.1, -0.05) is 36.4 Å². The second-order valence-electron chi connectivity index (χ2n) is 3.50. The molecule has 0 saturated carbocycles. The van der Waals surface area contributed by atoms with E-state index >= 15 is 0 Å². The molecular formula is C13H18N2. The van der Waals surface area contributed by atoms with Crippen molar-refractivity contribution in [1.29, 1.82) is 0 Å². The third-order valence-corrected chi connectivity index (χ3v) is 2.23. The highest BCUT2D eigenvalue weighted by atomic mass is 15.1. The van der Waals surface area contributed by atoms with Gasteiger partial charge in [0.05, 0.1) is 0 Å². The summed E-state index contributed by atoms with van der Waals surface area (Å²) in [6.45, 7) is 4.88. The Morgan fingerprint density at radius 2 is 2.00 bits per heavy atom. The fourth-order valence-electron chi connectivity index (χ4n) is 1.25. The zero-order valence-electron chi connectivity index (χ0n) is 9.64. The van der Waals surface area contributed by atoms with Crippen molar-refractivity contribution < 1.29 is 0 Å². The predicted molar refractivity (Wildman–Crippen MR) is 65.8 cm³/mol. The smallest absolute Gasteiger partial charge is 0.101 e. The minimum absolute atomic E-state index is 0.897. The van der Waals surface area contributed by atoms with E-state index in [1.165, 1.54) is 5.56 Å². The second kappa shape index (κ2) is 6.02. The third-order valence-electron chi connectivity index (χ3n) is 2.23. The normalized spacial score (nSPS) is 12.1. The molecule has 0 bridgehead atoms. The molecule has 0 aliphatic carbocycles. The molecule has 0 saturated heterocycles. The molecule has 0 aromatic heterocycles. The summed E-state index contributed by atoms with van der Waals surface area (Å²) in [4.78, 5) is 6.44. The first-order valence-electron chi connectivity index (χ1n) is 5.14. The van der Waals surface area contributed by atoms with Crippen molar-refractivity contribution >= 4 is 5.84 Å². The summed E-state index contributed by atoms with van der Waals surface area (Å²) in [5.41, 5.74) is 1.30. The van der Waals surface area contributed by atoms with Gasteiger partial charge in [0.2, 0.25) is 0 Å². The van der Waals surface area contributed by atoms with Crippen LogP contribution in [-0.2, 0) is 6.54 Å². The SMILES string of the molecule is CC=C/N=C(/C)N(C)Cc1ccccc1. The molecule has 0 radical (unpaired) electrons. The molecule has 0 heterocycles. The summed E-state index contributed by atoms with van der Waals surface area (Å²) in [6.07, 6.45) is 3.75. The minimum atomic E-state index is 0.897. The Labute approximate surface area is 92.0 Å². The lowest BCUT2D eigenvalue weighted by Crippen LogP contribution is -2.23. The van der Waals surface area contributed by atoms with Gasteiger partial charge in [-0.15, -0.1) is 0 Å². The van der Waals surface area contributed by atoms with E-state index in [0.29, 0.717) is 0 Å². The Bertz CT molecular complexity index is 339. The average Bonchev–Trinajstić information content (AvgIpc) is 2.27. The summed E-state index contributed by atoms with van der Waals surface area (Å²) in [6, 6.07) is 10.4. The molecule has 0 aliphatic heterocycles. The van der Waals surface area contributed by atoms with Gasteiger partial charge in [-0.05, 0) is 19.4 Å². The zero-order chi connectivity index (χ0) is 11.1. The van der Waals surface area contributed by atoms with E-state index in [0.717, 1.165) is 12.4 Å². The maximum atomic E-state index is 4.30. The van der Waals surface area contributed by atoms with E-state index in [9.17, 15) is 0 Å². The summed E-state index contributed by atoms with van der Waals surface area (Å²) in [7, 11) is 2.05. The summed E-state index contributed by atoms with van der Waals surface area (Å²) in [5, 5.41) is 0.